The van der Waals surface area contributed by atoms with Crippen LogP contribution in [0.1, 0.15) is 11.1 Å². The zero-order valence-corrected chi connectivity index (χ0v) is 11.5. The van der Waals surface area contributed by atoms with Gasteiger partial charge in [0.15, 0.2) is 0 Å². The van der Waals surface area contributed by atoms with E-state index in [1.807, 2.05) is 13.0 Å². The highest BCUT2D eigenvalue weighted by atomic mass is 16.2. The molecule has 1 aromatic carbocycles. The van der Waals surface area contributed by atoms with Crippen LogP contribution in [0.15, 0.2) is 41.3 Å². The number of carbonyl (C=O) groups is 1. The monoisotopic (exact) mass is 271 g/mol. The average Bonchev–Trinajstić information content (AvgIpc) is 2.39. The lowest BCUT2D eigenvalue weighted by Crippen LogP contribution is -2.28. The minimum atomic E-state index is -0.258. The third-order valence-corrected chi connectivity index (χ3v) is 3.06. The maximum Gasteiger partial charge on any atom is 0.253 e. The third kappa shape index (κ3) is 3.06. The van der Waals surface area contributed by atoms with E-state index in [1.54, 1.807) is 37.4 Å². The van der Waals surface area contributed by atoms with Crippen molar-refractivity contribution in [2.45, 2.75) is 20.4 Å². The largest absolute Gasteiger partial charge is 0.399 e. The van der Waals surface area contributed by atoms with Crippen molar-refractivity contribution in [2.75, 3.05) is 11.1 Å². The van der Waals surface area contributed by atoms with Gasteiger partial charge >= 0.3 is 0 Å². The number of benzene rings is 1. The van der Waals surface area contributed by atoms with E-state index in [1.165, 1.54) is 4.57 Å². The van der Waals surface area contributed by atoms with Crippen LogP contribution in [0.25, 0.3) is 0 Å². The Morgan fingerprint density at radius 2 is 2.00 bits per heavy atom. The molecule has 1 amide bonds. The lowest BCUT2D eigenvalue weighted by molar-refractivity contribution is -0.116. The molecule has 0 aliphatic heterocycles. The van der Waals surface area contributed by atoms with E-state index in [4.69, 9.17) is 5.73 Å². The molecule has 2 rings (SSSR count). The number of nitrogens with zero attached hydrogens (tertiary/aromatic N) is 1. The lowest BCUT2D eigenvalue weighted by atomic mass is 10.2. The molecule has 0 aliphatic rings. The Morgan fingerprint density at radius 3 is 2.75 bits per heavy atom. The second-order valence-corrected chi connectivity index (χ2v) is 4.75. The van der Waals surface area contributed by atoms with Gasteiger partial charge in [-0.2, -0.15) is 0 Å². The molecule has 0 radical (unpaired) electrons. The Bertz CT molecular complexity index is 705. The Morgan fingerprint density at radius 1 is 1.25 bits per heavy atom. The summed E-state index contributed by atoms with van der Waals surface area (Å²) in [6, 6.07) is 8.78. The van der Waals surface area contributed by atoms with E-state index < -0.39 is 0 Å². The third-order valence-electron chi connectivity index (χ3n) is 3.06. The Hall–Kier alpha value is -2.56. The Balaban J connectivity index is 2.15. The predicted molar refractivity (Wildman–Crippen MR) is 79.7 cm³/mol. The number of nitrogen functional groups attached to an aromatic ring is 1. The Kier molecular flexibility index (Phi) is 3.89. The van der Waals surface area contributed by atoms with Gasteiger partial charge in [0.25, 0.3) is 5.56 Å². The summed E-state index contributed by atoms with van der Waals surface area (Å²) < 4.78 is 1.38. The summed E-state index contributed by atoms with van der Waals surface area (Å²) in [6.07, 6.45) is 1.60. The molecule has 0 unspecified atom stereocenters. The summed E-state index contributed by atoms with van der Waals surface area (Å²) in [4.78, 5) is 23.8. The average molecular weight is 271 g/mol. The van der Waals surface area contributed by atoms with E-state index >= 15 is 0 Å². The maximum atomic E-state index is 12.0. The van der Waals surface area contributed by atoms with Crippen molar-refractivity contribution in [1.29, 1.82) is 0 Å². The molecule has 5 nitrogen and oxygen atoms in total. The van der Waals surface area contributed by atoms with Crippen LogP contribution in [-0.2, 0) is 11.3 Å². The number of carbonyl (C=O) groups excluding carboxylic acids is 1. The molecule has 1 heterocycles. The van der Waals surface area contributed by atoms with Crippen molar-refractivity contribution in [2.24, 2.45) is 0 Å². The van der Waals surface area contributed by atoms with Gasteiger partial charge in [-0.25, -0.2) is 0 Å². The van der Waals surface area contributed by atoms with Gasteiger partial charge in [-0.3, -0.25) is 9.59 Å². The standard InChI is InChI=1S/C15H17N3O2/c1-10-5-6-12(16)8-13(10)17-14(19)9-18-7-3-4-11(2)15(18)20/h3-8H,9,16H2,1-2H3,(H,17,19). The second kappa shape index (κ2) is 5.61. The Labute approximate surface area is 117 Å². The summed E-state index contributed by atoms with van der Waals surface area (Å²) in [5.41, 5.74) is 8.31. The fourth-order valence-electron chi connectivity index (χ4n) is 1.90. The molecule has 0 fully saturated rings. The first-order valence-electron chi connectivity index (χ1n) is 6.29. The highest BCUT2D eigenvalue weighted by Crippen LogP contribution is 2.17. The minimum absolute atomic E-state index is 0.0191. The van der Waals surface area contributed by atoms with E-state index in [2.05, 4.69) is 5.32 Å². The number of hydrogen-bond acceptors (Lipinski definition) is 3. The van der Waals surface area contributed by atoms with E-state index in [0.717, 1.165) is 5.56 Å². The topological polar surface area (TPSA) is 77.1 Å². The molecule has 3 N–H and O–H groups in total. The van der Waals surface area contributed by atoms with Crippen molar-refractivity contribution in [3.8, 4) is 0 Å². The molecule has 104 valence electrons. The van der Waals surface area contributed by atoms with Crippen molar-refractivity contribution >= 4 is 17.3 Å². The smallest absolute Gasteiger partial charge is 0.253 e. The first-order valence-corrected chi connectivity index (χ1v) is 6.29. The normalized spacial score (nSPS) is 10.3. The number of aromatic nitrogens is 1. The minimum Gasteiger partial charge on any atom is -0.399 e. The fraction of sp³-hybridized carbons (Fsp3) is 0.200. The molecule has 5 heteroatoms. The molecule has 0 saturated carbocycles. The number of amides is 1. The molecule has 0 atom stereocenters. The SMILES string of the molecule is Cc1ccc(N)cc1NC(=O)Cn1cccc(C)c1=O. The van der Waals surface area contributed by atoms with Crippen molar-refractivity contribution in [1.82, 2.24) is 4.57 Å². The summed E-state index contributed by atoms with van der Waals surface area (Å²) >= 11 is 0. The fourth-order valence-corrected chi connectivity index (χ4v) is 1.90. The van der Waals surface area contributed by atoms with Gasteiger partial charge in [0.1, 0.15) is 6.54 Å². The molecule has 0 saturated heterocycles. The molecule has 2 aromatic rings. The number of nitrogens with one attached hydrogen (secondary N) is 1. The number of nitrogens with two attached hydrogens (primary N) is 1. The van der Waals surface area contributed by atoms with Crippen LogP contribution in [-0.4, -0.2) is 10.5 Å². The zero-order valence-electron chi connectivity index (χ0n) is 11.5. The highest BCUT2D eigenvalue weighted by Gasteiger charge is 2.07. The van der Waals surface area contributed by atoms with E-state index in [9.17, 15) is 9.59 Å². The molecular formula is C15H17N3O2. The van der Waals surface area contributed by atoms with Gasteiger partial charge in [-0.1, -0.05) is 12.1 Å². The number of hydrogen-bond donors (Lipinski definition) is 2. The van der Waals surface area contributed by atoms with Gasteiger partial charge < -0.3 is 15.6 Å². The van der Waals surface area contributed by atoms with Gasteiger partial charge in [0.05, 0.1) is 0 Å². The zero-order chi connectivity index (χ0) is 14.7. The van der Waals surface area contributed by atoms with E-state index in [0.29, 0.717) is 16.9 Å². The first-order chi connectivity index (χ1) is 9.47. The molecule has 0 aliphatic carbocycles. The summed E-state index contributed by atoms with van der Waals surface area (Å²) in [6.45, 7) is 3.58. The van der Waals surface area contributed by atoms with Crippen LogP contribution in [0.4, 0.5) is 11.4 Å². The molecule has 0 bridgehead atoms. The van der Waals surface area contributed by atoms with Crippen LogP contribution in [0, 0.1) is 13.8 Å². The van der Waals surface area contributed by atoms with Crippen LogP contribution in [0.5, 0.6) is 0 Å². The quantitative estimate of drug-likeness (QED) is 0.834. The van der Waals surface area contributed by atoms with Gasteiger partial charge in [0.2, 0.25) is 5.91 Å². The molecular weight excluding hydrogens is 254 g/mol. The molecule has 20 heavy (non-hydrogen) atoms. The number of anilines is 2. The van der Waals surface area contributed by atoms with E-state index in [-0.39, 0.29) is 18.0 Å². The summed E-state index contributed by atoms with van der Waals surface area (Å²) in [5.74, 6) is -0.258. The molecule has 0 spiro atoms. The van der Waals surface area contributed by atoms with Gasteiger partial charge in [-0.15, -0.1) is 0 Å². The number of rotatable bonds is 3. The van der Waals surface area contributed by atoms with Crippen LogP contribution >= 0.6 is 0 Å². The number of aryl methyl sites for hydroxylation is 2. The first kappa shape index (κ1) is 13.9. The lowest BCUT2D eigenvalue weighted by Gasteiger charge is -2.10. The van der Waals surface area contributed by atoms with Gasteiger partial charge in [0, 0.05) is 23.1 Å². The van der Waals surface area contributed by atoms with Crippen LogP contribution in [0.2, 0.25) is 0 Å². The van der Waals surface area contributed by atoms with Crippen molar-refractivity contribution in [3.05, 3.63) is 58.0 Å². The maximum absolute atomic E-state index is 12.0. The second-order valence-electron chi connectivity index (χ2n) is 4.75. The van der Waals surface area contributed by atoms with Crippen LogP contribution < -0.4 is 16.6 Å². The molecule has 1 aromatic heterocycles. The van der Waals surface area contributed by atoms with Crippen molar-refractivity contribution < 1.29 is 4.79 Å². The van der Waals surface area contributed by atoms with Gasteiger partial charge in [-0.05, 0) is 37.6 Å². The summed E-state index contributed by atoms with van der Waals surface area (Å²) in [5, 5.41) is 2.77. The predicted octanol–water partition coefficient (Wildman–Crippen LogP) is 1.69. The summed E-state index contributed by atoms with van der Waals surface area (Å²) in [7, 11) is 0. The van der Waals surface area contributed by atoms with Crippen molar-refractivity contribution in [3.63, 3.8) is 0 Å². The van der Waals surface area contributed by atoms with Crippen LogP contribution in [0.3, 0.4) is 0 Å². The highest BCUT2D eigenvalue weighted by molar-refractivity contribution is 5.91. The number of pyridine rings is 1.